The molecule has 0 N–H and O–H groups in total. The number of nitrogens with zero attached hydrogens (tertiary/aromatic N) is 5. The normalized spacial score (nSPS) is 16.0. The molecule has 0 saturated carbocycles. The smallest absolute Gasteiger partial charge is 0.409 e. The third-order valence-corrected chi connectivity index (χ3v) is 5.61. The van der Waals surface area contributed by atoms with Crippen molar-refractivity contribution in [1.82, 2.24) is 24.5 Å². The molecule has 2 aliphatic rings. The minimum atomic E-state index is -0.382. The number of aromatic nitrogens is 2. The molecule has 1 saturated heterocycles. The second-order valence-electron chi connectivity index (χ2n) is 7.63. The van der Waals surface area contributed by atoms with Gasteiger partial charge in [-0.2, -0.15) is 5.10 Å². The number of ether oxygens (including phenoxy) is 1. The minimum absolute atomic E-state index is 0.0207. The van der Waals surface area contributed by atoms with Crippen molar-refractivity contribution in [2.24, 2.45) is 0 Å². The number of carbonyl (C=O) groups is 4. The third-order valence-electron chi connectivity index (χ3n) is 5.61. The maximum absolute atomic E-state index is 12.9. The van der Waals surface area contributed by atoms with Crippen LogP contribution in [-0.4, -0.2) is 94.0 Å². The fourth-order valence-corrected chi connectivity index (χ4v) is 3.85. The van der Waals surface area contributed by atoms with Crippen molar-refractivity contribution >= 4 is 23.7 Å². The van der Waals surface area contributed by atoms with Gasteiger partial charge >= 0.3 is 6.09 Å². The average Bonchev–Trinajstić information content (AvgIpc) is 3.26. The van der Waals surface area contributed by atoms with Crippen LogP contribution in [0.3, 0.4) is 0 Å². The van der Waals surface area contributed by atoms with E-state index >= 15 is 0 Å². The van der Waals surface area contributed by atoms with Gasteiger partial charge in [0.1, 0.15) is 5.69 Å². The van der Waals surface area contributed by atoms with E-state index in [4.69, 9.17) is 4.74 Å². The van der Waals surface area contributed by atoms with Crippen LogP contribution in [0.2, 0.25) is 0 Å². The van der Waals surface area contributed by atoms with Crippen LogP contribution in [0.5, 0.6) is 0 Å². The topological polar surface area (TPSA) is 105 Å². The van der Waals surface area contributed by atoms with Crippen LogP contribution < -0.4 is 0 Å². The molecular formula is C22H25N5O5. The predicted molar refractivity (Wildman–Crippen MR) is 113 cm³/mol. The zero-order chi connectivity index (χ0) is 22.7. The van der Waals surface area contributed by atoms with Gasteiger partial charge in [0.15, 0.2) is 11.5 Å². The predicted octanol–water partition coefficient (Wildman–Crippen LogP) is 1.14. The van der Waals surface area contributed by atoms with Gasteiger partial charge in [0.25, 0.3) is 11.8 Å². The Morgan fingerprint density at radius 2 is 1.66 bits per heavy atom. The average molecular weight is 439 g/mol. The van der Waals surface area contributed by atoms with Crippen molar-refractivity contribution in [3.05, 3.63) is 53.3 Å². The molecule has 4 rings (SSSR count). The highest BCUT2D eigenvalue weighted by atomic mass is 16.6. The lowest BCUT2D eigenvalue weighted by molar-refractivity contribution is 0.0564. The Hall–Kier alpha value is -3.69. The van der Waals surface area contributed by atoms with E-state index in [0.717, 1.165) is 0 Å². The Labute approximate surface area is 185 Å². The second-order valence-corrected chi connectivity index (χ2v) is 7.63. The number of piperazine rings is 1. The van der Waals surface area contributed by atoms with Crippen LogP contribution in [0.15, 0.2) is 36.4 Å². The molecule has 0 spiro atoms. The van der Waals surface area contributed by atoms with Crippen LogP contribution in [0.25, 0.3) is 0 Å². The number of Topliss-reactive ketones (excluding diaryl/α,β-unsaturated/α-hetero) is 1. The number of hydrogen-bond acceptors (Lipinski definition) is 6. The molecule has 2 aliphatic heterocycles. The molecule has 2 aromatic rings. The lowest BCUT2D eigenvalue weighted by atomic mass is 10.1. The molecule has 168 valence electrons. The molecule has 32 heavy (non-hydrogen) atoms. The third kappa shape index (κ3) is 4.34. The van der Waals surface area contributed by atoms with Crippen LogP contribution in [0, 0.1) is 0 Å². The molecule has 3 heterocycles. The van der Waals surface area contributed by atoms with E-state index in [1.165, 1.54) is 15.6 Å². The van der Waals surface area contributed by atoms with Crippen molar-refractivity contribution in [2.45, 2.75) is 13.5 Å². The number of rotatable bonds is 5. The molecule has 0 bridgehead atoms. The summed E-state index contributed by atoms with van der Waals surface area (Å²) in [5, 5.41) is 4.32. The Morgan fingerprint density at radius 3 is 2.34 bits per heavy atom. The Kier molecular flexibility index (Phi) is 6.20. The van der Waals surface area contributed by atoms with E-state index in [-0.39, 0.29) is 35.9 Å². The number of carbonyl (C=O) groups excluding carboxylic acids is 4. The first-order valence-electron chi connectivity index (χ1n) is 10.6. The summed E-state index contributed by atoms with van der Waals surface area (Å²) < 4.78 is 6.52. The molecule has 0 unspecified atom stereocenters. The van der Waals surface area contributed by atoms with E-state index in [9.17, 15) is 19.2 Å². The number of ketones is 1. The molecule has 10 nitrogen and oxygen atoms in total. The van der Waals surface area contributed by atoms with E-state index in [0.29, 0.717) is 57.1 Å². The van der Waals surface area contributed by atoms with Gasteiger partial charge in [0, 0.05) is 44.4 Å². The molecule has 1 fully saturated rings. The van der Waals surface area contributed by atoms with Crippen molar-refractivity contribution in [2.75, 3.05) is 45.9 Å². The van der Waals surface area contributed by atoms with E-state index in [2.05, 4.69) is 5.10 Å². The van der Waals surface area contributed by atoms with Gasteiger partial charge in [-0.3, -0.25) is 19.1 Å². The van der Waals surface area contributed by atoms with Crippen LogP contribution >= 0.6 is 0 Å². The standard InChI is InChI=1S/C22H25N5O5/c1-2-32-22(31)25-10-8-24(9-11-25)20(29)17-14-18-21(30)26(12-13-27(18)23-17)15-19(28)16-6-4-3-5-7-16/h3-7,14H,2,8-13,15H2,1H3. The molecule has 0 atom stereocenters. The fourth-order valence-electron chi connectivity index (χ4n) is 3.85. The molecule has 0 aliphatic carbocycles. The number of benzene rings is 1. The van der Waals surface area contributed by atoms with Gasteiger partial charge in [0.2, 0.25) is 0 Å². The van der Waals surface area contributed by atoms with Gasteiger partial charge in [-0.25, -0.2) is 4.79 Å². The second kappa shape index (κ2) is 9.21. The summed E-state index contributed by atoms with van der Waals surface area (Å²) in [6.07, 6.45) is -0.382. The monoisotopic (exact) mass is 439 g/mol. The number of fused-ring (bicyclic) bond motifs is 1. The van der Waals surface area contributed by atoms with Gasteiger partial charge in [-0.1, -0.05) is 30.3 Å². The molecule has 1 aromatic carbocycles. The Bertz CT molecular complexity index is 1030. The molecule has 1 aromatic heterocycles. The van der Waals surface area contributed by atoms with Crippen molar-refractivity contribution in [3.63, 3.8) is 0 Å². The van der Waals surface area contributed by atoms with Gasteiger partial charge in [-0.15, -0.1) is 0 Å². The van der Waals surface area contributed by atoms with E-state index in [1.54, 1.807) is 41.0 Å². The summed E-state index contributed by atoms with van der Waals surface area (Å²) in [4.78, 5) is 54.8. The fraction of sp³-hybridized carbons (Fsp3) is 0.409. The van der Waals surface area contributed by atoms with Crippen molar-refractivity contribution in [3.8, 4) is 0 Å². The van der Waals surface area contributed by atoms with Gasteiger partial charge in [-0.05, 0) is 6.92 Å². The highest BCUT2D eigenvalue weighted by Gasteiger charge is 2.32. The summed E-state index contributed by atoms with van der Waals surface area (Å²) in [5.74, 6) is -0.739. The zero-order valence-corrected chi connectivity index (χ0v) is 17.9. The summed E-state index contributed by atoms with van der Waals surface area (Å²) >= 11 is 0. The quantitative estimate of drug-likeness (QED) is 0.647. The van der Waals surface area contributed by atoms with Crippen LogP contribution in [-0.2, 0) is 11.3 Å². The lowest BCUT2D eigenvalue weighted by Gasteiger charge is -2.33. The molecule has 0 radical (unpaired) electrons. The Morgan fingerprint density at radius 1 is 0.969 bits per heavy atom. The summed E-state index contributed by atoms with van der Waals surface area (Å²) in [7, 11) is 0. The first-order valence-corrected chi connectivity index (χ1v) is 10.6. The van der Waals surface area contributed by atoms with Gasteiger partial charge in [0.05, 0.1) is 19.7 Å². The molecule has 3 amide bonds. The first-order chi connectivity index (χ1) is 15.5. The van der Waals surface area contributed by atoms with Crippen molar-refractivity contribution < 1.29 is 23.9 Å². The summed E-state index contributed by atoms with van der Waals surface area (Å²) in [6.45, 7) is 4.28. The number of amides is 3. The maximum Gasteiger partial charge on any atom is 0.409 e. The zero-order valence-electron chi connectivity index (χ0n) is 17.9. The molecule has 10 heteroatoms. The van der Waals surface area contributed by atoms with E-state index < -0.39 is 0 Å². The Balaban J connectivity index is 1.39. The SMILES string of the molecule is CCOC(=O)N1CCN(C(=O)c2cc3n(n2)CCN(CC(=O)c2ccccc2)C3=O)CC1. The molecular weight excluding hydrogens is 414 g/mol. The summed E-state index contributed by atoms with van der Waals surface area (Å²) in [5.41, 5.74) is 1.04. The van der Waals surface area contributed by atoms with Gasteiger partial charge < -0.3 is 19.4 Å². The minimum Gasteiger partial charge on any atom is -0.450 e. The first kappa shape index (κ1) is 21.5. The summed E-state index contributed by atoms with van der Waals surface area (Å²) in [6, 6.07) is 10.3. The number of hydrogen-bond donors (Lipinski definition) is 0. The largest absolute Gasteiger partial charge is 0.450 e. The van der Waals surface area contributed by atoms with E-state index in [1.807, 2.05) is 6.07 Å². The van der Waals surface area contributed by atoms with Crippen molar-refractivity contribution in [1.29, 1.82) is 0 Å². The van der Waals surface area contributed by atoms with Crippen LogP contribution in [0.4, 0.5) is 4.79 Å². The maximum atomic E-state index is 12.9. The highest BCUT2D eigenvalue weighted by molar-refractivity contribution is 6.03. The highest BCUT2D eigenvalue weighted by Crippen LogP contribution is 2.17. The lowest BCUT2D eigenvalue weighted by Crippen LogP contribution is -2.50. The van der Waals surface area contributed by atoms with Crippen LogP contribution in [0.1, 0.15) is 38.3 Å².